The van der Waals surface area contributed by atoms with Crippen molar-refractivity contribution in [1.29, 1.82) is 0 Å². The Labute approximate surface area is 117 Å². The molecule has 0 amide bonds. The van der Waals surface area contributed by atoms with E-state index < -0.39 is 12.6 Å². The third-order valence-electron chi connectivity index (χ3n) is 3.07. The van der Waals surface area contributed by atoms with Crippen LogP contribution >= 0.6 is 11.6 Å². The molecule has 1 aliphatic rings. The number of hydrogen-bond acceptors (Lipinski definition) is 4. The van der Waals surface area contributed by atoms with Crippen LogP contribution in [0.4, 0.5) is 0 Å². The van der Waals surface area contributed by atoms with E-state index in [0.717, 1.165) is 38.3 Å². The highest BCUT2D eigenvalue weighted by atomic mass is 35.5. The van der Waals surface area contributed by atoms with Crippen molar-refractivity contribution in [3.8, 4) is 5.75 Å². The Bertz CT molecular complexity index is 448. The van der Waals surface area contributed by atoms with Gasteiger partial charge < -0.3 is 20.0 Å². The second-order valence-corrected chi connectivity index (χ2v) is 4.96. The maximum Gasteiger partial charge on any atom is 0.128 e. The molecule has 1 aromatic rings. The highest BCUT2D eigenvalue weighted by Crippen LogP contribution is 2.23. The van der Waals surface area contributed by atoms with E-state index in [9.17, 15) is 9.90 Å². The first-order chi connectivity index (χ1) is 9.15. The first-order valence-corrected chi connectivity index (χ1v) is 6.68. The van der Waals surface area contributed by atoms with Crippen molar-refractivity contribution in [2.45, 2.75) is 6.54 Å². The molecule has 6 heteroatoms. The van der Waals surface area contributed by atoms with Crippen molar-refractivity contribution in [3.05, 3.63) is 28.8 Å². The summed E-state index contributed by atoms with van der Waals surface area (Å²) in [6.07, 6.45) is 0. The van der Waals surface area contributed by atoms with E-state index in [4.69, 9.17) is 16.3 Å². The molecule has 0 bridgehead atoms. The number of carboxylic acids is 1. The van der Waals surface area contributed by atoms with Crippen molar-refractivity contribution in [3.63, 3.8) is 0 Å². The Morgan fingerprint density at radius 3 is 2.84 bits per heavy atom. The van der Waals surface area contributed by atoms with Crippen LogP contribution in [0.2, 0.25) is 5.02 Å². The average molecular weight is 285 g/mol. The van der Waals surface area contributed by atoms with Gasteiger partial charge in [0.1, 0.15) is 12.4 Å². The molecule has 1 saturated heterocycles. The number of quaternary nitrogens is 1. The van der Waals surface area contributed by atoms with Gasteiger partial charge in [-0.25, -0.2) is 0 Å². The minimum Gasteiger partial charge on any atom is -0.546 e. The van der Waals surface area contributed by atoms with Gasteiger partial charge in [0, 0.05) is 24.7 Å². The Morgan fingerprint density at radius 2 is 2.16 bits per heavy atom. The number of hydrogen-bond donors (Lipinski definition) is 1. The normalized spacial score (nSPS) is 16.3. The van der Waals surface area contributed by atoms with Gasteiger partial charge in [0.15, 0.2) is 0 Å². The number of rotatable bonds is 5. The molecule has 1 aromatic carbocycles. The van der Waals surface area contributed by atoms with Gasteiger partial charge in [-0.05, 0) is 23.8 Å². The van der Waals surface area contributed by atoms with Gasteiger partial charge in [0.2, 0.25) is 0 Å². The lowest BCUT2D eigenvalue weighted by Gasteiger charge is -2.25. The van der Waals surface area contributed by atoms with E-state index in [0.29, 0.717) is 10.8 Å². The number of piperazine rings is 1. The van der Waals surface area contributed by atoms with Crippen LogP contribution in [-0.4, -0.2) is 43.7 Å². The van der Waals surface area contributed by atoms with E-state index in [1.807, 2.05) is 0 Å². The Morgan fingerprint density at radius 1 is 1.42 bits per heavy atom. The zero-order valence-corrected chi connectivity index (χ0v) is 11.4. The molecule has 0 unspecified atom stereocenters. The maximum absolute atomic E-state index is 10.4. The van der Waals surface area contributed by atoms with Crippen molar-refractivity contribution in [2.24, 2.45) is 0 Å². The van der Waals surface area contributed by atoms with Crippen molar-refractivity contribution in [1.82, 2.24) is 4.90 Å². The number of carboxylic acid groups (broad SMARTS) is 1. The maximum atomic E-state index is 10.4. The summed E-state index contributed by atoms with van der Waals surface area (Å²) in [4.78, 5) is 12.7. The molecule has 0 atom stereocenters. The lowest BCUT2D eigenvalue weighted by atomic mass is 10.2. The topological polar surface area (TPSA) is 69.2 Å². The second-order valence-electron chi connectivity index (χ2n) is 4.56. The van der Waals surface area contributed by atoms with E-state index in [2.05, 4.69) is 10.2 Å². The minimum atomic E-state index is -1.23. The molecule has 5 nitrogen and oxygen atoms in total. The van der Waals surface area contributed by atoms with Crippen LogP contribution in [-0.2, 0) is 11.3 Å². The summed E-state index contributed by atoms with van der Waals surface area (Å²) in [7, 11) is 0. The van der Waals surface area contributed by atoms with Crippen molar-refractivity contribution in [2.75, 3.05) is 32.8 Å². The largest absolute Gasteiger partial charge is 0.546 e. The third kappa shape index (κ3) is 4.38. The molecular formula is C13H17ClN2O3. The first-order valence-electron chi connectivity index (χ1n) is 6.30. The van der Waals surface area contributed by atoms with Gasteiger partial charge in [-0.15, -0.1) is 0 Å². The highest BCUT2D eigenvalue weighted by Gasteiger charge is 2.14. The number of nitrogens with two attached hydrogens (primary N) is 1. The number of nitrogens with zero attached hydrogens (tertiary/aromatic N) is 1. The predicted octanol–water partition coefficient (Wildman–Crippen LogP) is -1.15. The SMILES string of the molecule is O=C([O-])COc1ccc(Cl)c(CN2CC[NH2+]CC2)c1. The quantitative estimate of drug-likeness (QED) is 0.741. The summed E-state index contributed by atoms with van der Waals surface area (Å²) in [5.41, 5.74) is 0.958. The standard InChI is InChI=1S/C13H17ClN2O3/c14-12-2-1-11(19-9-13(17)18)7-10(12)8-16-5-3-15-4-6-16/h1-2,7,15H,3-6,8-9H2,(H,17,18). The summed E-state index contributed by atoms with van der Waals surface area (Å²) >= 11 is 6.16. The monoisotopic (exact) mass is 284 g/mol. The van der Waals surface area contributed by atoms with E-state index in [-0.39, 0.29) is 0 Å². The van der Waals surface area contributed by atoms with Crippen LogP contribution in [0, 0.1) is 0 Å². The third-order valence-corrected chi connectivity index (χ3v) is 3.44. The Kier molecular flexibility index (Phi) is 5.01. The Balaban J connectivity index is 2.01. The van der Waals surface area contributed by atoms with Crippen LogP contribution in [0.15, 0.2) is 18.2 Å². The minimum absolute atomic E-state index is 0.445. The van der Waals surface area contributed by atoms with Gasteiger partial charge in [0.25, 0.3) is 0 Å². The Hall–Kier alpha value is -1.30. The lowest BCUT2D eigenvalue weighted by molar-refractivity contribution is -0.663. The number of carbonyl (C=O) groups excluding carboxylic acids is 1. The number of halogens is 1. The predicted molar refractivity (Wildman–Crippen MR) is 68.9 cm³/mol. The number of ether oxygens (including phenoxy) is 1. The molecule has 1 fully saturated rings. The van der Waals surface area contributed by atoms with E-state index in [1.165, 1.54) is 0 Å². The molecule has 2 rings (SSSR count). The molecular weight excluding hydrogens is 268 g/mol. The van der Waals surface area contributed by atoms with Crippen molar-refractivity contribution >= 4 is 17.6 Å². The molecule has 0 spiro atoms. The molecule has 2 N–H and O–H groups in total. The van der Waals surface area contributed by atoms with Gasteiger partial charge in [-0.2, -0.15) is 0 Å². The van der Waals surface area contributed by atoms with E-state index >= 15 is 0 Å². The van der Waals surface area contributed by atoms with Crippen LogP contribution < -0.4 is 15.2 Å². The number of benzene rings is 1. The molecule has 0 aromatic heterocycles. The highest BCUT2D eigenvalue weighted by molar-refractivity contribution is 6.31. The van der Waals surface area contributed by atoms with Crippen LogP contribution in [0.5, 0.6) is 5.75 Å². The molecule has 0 radical (unpaired) electrons. The summed E-state index contributed by atoms with van der Waals surface area (Å²) in [5, 5.41) is 13.3. The van der Waals surface area contributed by atoms with Gasteiger partial charge in [-0.3, -0.25) is 4.90 Å². The molecule has 19 heavy (non-hydrogen) atoms. The lowest BCUT2D eigenvalue weighted by Crippen LogP contribution is -2.89. The number of carbonyl (C=O) groups is 1. The van der Waals surface area contributed by atoms with Gasteiger partial charge >= 0.3 is 0 Å². The van der Waals surface area contributed by atoms with Crippen LogP contribution in [0.3, 0.4) is 0 Å². The second kappa shape index (κ2) is 6.75. The van der Waals surface area contributed by atoms with Gasteiger partial charge in [-0.1, -0.05) is 11.6 Å². The summed E-state index contributed by atoms with van der Waals surface area (Å²) in [5.74, 6) is -0.727. The molecule has 1 aliphatic heterocycles. The van der Waals surface area contributed by atoms with Crippen LogP contribution in [0.1, 0.15) is 5.56 Å². The molecule has 0 aliphatic carbocycles. The average Bonchev–Trinajstić information content (AvgIpc) is 2.41. The van der Waals surface area contributed by atoms with E-state index in [1.54, 1.807) is 18.2 Å². The zero-order valence-electron chi connectivity index (χ0n) is 10.6. The fourth-order valence-electron chi connectivity index (χ4n) is 2.11. The number of aliphatic carboxylic acids is 1. The van der Waals surface area contributed by atoms with Crippen molar-refractivity contribution < 1.29 is 20.0 Å². The van der Waals surface area contributed by atoms with Gasteiger partial charge in [0.05, 0.1) is 19.1 Å². The molecule has 104 valence electrons. The summed E-state index contributed by atoms with van der Waals surface area (Å²) < 4.78 is 5.11. The molecule has 1 heterocycles. The fourth-order valence-corrected chi connectivity index (χ4v) is 2.28. The fraction of sp³-hybridized carbons (Fsp3) is 0.462. The smallest absolute Gasteiger partial charge is 0.128 e. The molecule has 0 saturated carbocycles. The first kappa shape index (κ1) is 14.1. The zero-order chi connectivity index (χ0) is 13.7. The summed E-state index contributed by atoms with van der Waals surface area (Å²) in [6, 6.07) is 5.19. The van der Waals surface area contributed by atoms with Crippen LogP contribution in [0.25, 0.3) is 0 Å². The summed E-state index contributed by atoms with van der Waals surface area (Å²) in [6.45, 7) is 4.56.